The fraction of sp³-hybridized carbons (Fsp3) is 0.389. The second-order valence-corrected chi connectivity index (χ2v) is 6.15. The van der Waals surface area contributed by atoms with Gasteiger partial charge in [0.25, 0.3) is 0 Å². The van der Waals surface area contributed by atoms with Gasteiger partial charge in [0.15, 0.2) is 0 Å². The van der Waals surface area contributed by atoms with Crippen LogP contribution in [0.1, 0.15) is 10.4 Å². The number of methoxy groups -OCH3 is 1. The molecule has 5 atom stereocenters. The van der Waals surface area contributed by atoms with Crippen LogP contribution in [0.2, 0.25) is 0 Å². The molecule has 0 saturated carbocycles. The molecule has 146 valence electrons. The van der Waals surface area contributed by atoms with Crippen molar-refractivity contribution in [3.8, 4) is 11.5 Å². The maximum atomic E-state index is 11.3. The maximum Gasteiger partial charge on any atom is 0.335 e. The van der Waals surface area contributed by atoms with Crippen LogP contribution >= 0.6 is 0 Å². The molecule has 9 nitrogen and oxygen atoms in total. The molecule has 1 heterocycles. The molecule has 5 unspecified atom stereocenters. The predicted octanol–water partition coefficient (Wildman–Crippen LogP) is -0.275. The van der Waals surface area contributed by atoms with Crippen molar-refractivity contribution in [2.24, 2.45) is 0 Å². The largest absolute Gasteiger partial charge is 0.496 e. The minimum atomic E-state index is -1.57. The first-order chi connectivity index (χ1) is 12.9. The summed E-state index contributed by atoms with van der Waals surface area (Å²) in [4.78, 5) is 11.3. The number of aliphatic hydroxyl groups is 4. The van der Waals surface area contributed by atoms with E-state index < -0.39 is 43.3 Å². The molecule has 0 radical (unpaired) electrons. The van der Waals surface area contributed by atoms with E-state index in [-0.39, 0.29) is 17.1 Å². The third-order valence-electron chi connectivity index (χ3n) is 4.46. The molecule has 1 fully saturated rings. The van der Waals surface area contributed by atoms with Crippen molar-refractivity contribution < 1.29 is 44.5 Å². The van der Waals surface area contributed by atoms with E-state index >= 15 is 0 Å². The van der Waals surface area contributed by atoms with Crippen molar-refractivity contribution in [1.82, 2.24) is 0 Å². The third kappa shape index (κ3) is 3.55. The molecule has 3 rings (SSSR count). The molecular formula is C18H20O9. The van der Waals surface area contributed by atoms with Crippen LogP contribution in [0, 0.1) is 0 Å². The molecule has 0 aliphatic carbocycles. The van der Waals surface area contributed by atoms with E-state index in [1.807, 2.05) is 0 Å². The maximum absolute atomic E-state index is 11.3. The summed E-state index contributed by atoms with van der Waals surface area (Å²) in [6, 6.07) is 7.63. The van der Waals surface area contributed by atoms with Gasteiger partial charge in [0.2, 0.25) is 6.29 Å². The fourth-order valence-corrected chi connectivity index (χ4v) is 3.03. The van der Waals surface area contributed by atoms with E-state index in [0.717, 1.165) is 0 Å². The monoisotopic (exact) mass is 380 g/mol. The second-order valence-electron chi connectivity index (χ2n) is 6.15. The van der Waals surface area contributed by atoms with Crippen molar-refractivity contribution in [2.45, 2.75) is 30.7 Å². The predicted molar refractivity (Wildman–Crippen MR) is 91.9 cm³/mol. The Labute approximate surface area is 154 Å². The van der Waals surface area contributed by atoms with Gasteiger partial charge in [-0.3, -0.25) is 0 Å². The molecule has 2 aromatic rings. The first kappa shape index (κ1) is 19.3. The zero-order valence-electron chi connectivity index (χ0n) is 14.3. The van der Waals surface area contributed by atoms with E-state index in [4.69, 9.17) is 14.2 Å². The van der Waals surface area contributed by atoms with Crippen molar-refractivity contribution >= 4 is 16.7 Å². The number of aliphatic hydroxyl groups excluding tert-OH is 4. The minimum Gasteiger partial charge on any atom is -0.496 e. The number of hydrogen-bond donors (Lipinski definition) is 5. The number of ether oxygens (including phenoxy) is 3. The molecule has 1 aliphatic heterocycles. The summed E-state index contributed by atoms with van der Waals surface area (Å²) in [6.07, 6.45) is -7.11. The highest BCUT2D eigenvalue weighted by atomic mass is 16.7. The van der Waals surface area contributed by atoms with Gasteiger partial charge in [0.05, 0.1) is 24.7 Å². The quantitative estimate of drug-likeness (QED) is 0.473. The number of carboxylic acids is 1. The van der Waals surface area contributed by atoms with Crippen LogP contribution in [-0.4, -0.2) is 75.9 Å². The van der Waals surface area contributed by atoms with Gasteiger partial charge in [-0.2, -0.15) is 0 Å². The Bertz CT molecular complexity index is 835. The second kappa shape index (κ2) is 7.67. The van der Waals surface area contributed by atoms with Gasteiger partial charge in [-0.25, -0.2) is 4.79 Å². The zero-order valence-corrected chi connectivity index (χ0v) is 14.3. The van der Waals surface area contributed by atoms with Crippen molar-refractivity contribution in [1.29, 1.82) is 0 Å². The van der Waals surface area contributed by atoms with Crippen LogP contribution in [0.4, 0.5) is 0 Å². The Morgan fingerprint density at radius 2 is 1.85 bits per heavy atom. The van der Waals surface area contributed by atoms with Crippen LogP contribution in [0.15, 0.2) is 30.3 Å². The van der Waals surface area contributed by atoms with Crippen molar-refractivity contribution in [3.05, 3.63) is 35.9 Å². The van der Waals surface area contributed by atoms with E-state index in [9.17, 15) is 30.3 Å². The summed E-state index contributed by atoms with van der Waals surface area (Å²) in [5.41, 5.74) is 0.0318. The minimum absolute atomic E-state index is 0.0318. The van der Waals surface area contributed by atoms with Gasteiger partial charge in [0.1, 0.15) is 35.9 Å². The molecule has 0 aromatic heterocycles. The zero-order chi connectivity index (χ0) is 19.7. The number of carbonyl (C=O) groups is 1. The Kier molecular flexibility index (Phi) is 5.49. The van der Waals surface area contributed by atoms with Gasteiger partial charge < -0.3 is 39.7 Å². The summed E-state index contributed by atoms with van der Waals surface area (Å²) in [6.45, 7) is -0.578. The van der Waals surface area contributed by atoms with Crippen LogP contribution < -0.4 is 9.47 Å². The first-order valence-corrected chi connectivity index (χ1v) is 8.18. The average molecular weight is 380 g/mol. The Morgan fingerprint density at radius 1 is 1.11 bits per heavy atom. The smallest absolute Gasteiger partial charge is 0.335 e. The molecule has 9 heteroatoms. The van der Waals surface area contributed by atoms with E-state index in [2.05, 4.69) is 0 Å². The lowest BCUT2D eigenvalue weighted by Gasteiger charge is -2.39. The molecule has 2 aromatic carbocycles. The van der Waals surface area contributed by atoms with Crippen molar-refractivity contribution in [2.75, 3.05) is 13.7 Å². The third-order valence-corrected chi connectivity index (χ3v) is 4.46. The van der Waals surface area contributed by atoms with Crippen LogP contribution in [0.25, 0.3) is 10.8 Å². The fourth-order valence-electron chi connectivity index (χ4n) is 3.03. The van der Waals surface area contributed by atoms with E-state index in [0.29, 0.717) is 10.8 Å². The summed E-state index contributed by atoms with van der Waals surface area (Å²) in [5, 5.41) is 49.4. The van der Waals surface area contributed by atoms with Gasteiger partial charge in [0, 0.05) is 0 Å². The molecule has 0 spiro atoms. The number of benzene rings is 2. The number of rotatable bonds is 5. The molecule has 1 saturated heterocycles. The summed E-state index contributed by atoms with van der Waals surface area (Å²) < 4.78 is 16.3. The van der Waals surface area contributed by atoms with Crippen LogP contribution in [0.5, 0.6) is 11.5 Å². The lowest BCUT2D eigenvalue weighted by atomic mass is 9.99. The van der Waals surface area contributed by atoms with Crippen LogP contribution in [-0.2, 0) is 4.74 Å². The van der Waals surface area contributed by atoms with Gasteiger partial charge in [-0.05, 0) is 23.6 Å². The van der Waals surface area contributed by atoms with Crippen molar-refractivity contribution in [3.63, 3.8) is 0 Å². The molecule has 0 bridgehead atoms. The molecule has 27 heavy (non-hydrogen) atoms. The molecular weight excluding hydrogens is 360 g/mol. The molecule has 1 aliphatic rings. The highest BCUT2D eigenvalue weighted by molar-refractivity contribution is 6.00. The van der Waals surface area contributed by atoms with E-state index in [1.165, 1.54) is 19.2 Å². The molecule has 0 amide bonds. The average Bonchev–Trinajstić information content (AvgIpc) is 2.67. The Morgan fingerprint density at radius 3 is 2.48 bits per heavy atom. The molecule has 5 N–H and O–H groups in total. The normalized spacial score (nSPS) is 28.1. The van der Waals surface area contributed by atoms with E-state index in [1.54, 1.807) is 18.2 Å². The highest BCUT2D eigenvalue weighted by Gasteiger charge is 2.44. The first-order valence-electron chi connectivity index (χ1n) is 8.18. The number of carboxylic acid groups (broad SMARTS) is 1. The van der Waals surface area contributed by atoms with Gasteiger partial charge >= 0.3 is 5.97 Å². The standard InChI is InChI=1S/C18H20O9/c1-25-11-6-9(17(23)24)5-8-3-2-4-10(13(8)11)26-18-16(22)15(21)14(20)12(7-19)27-18/h2-6,12,14-16,18-22H,7H2,1H3,(H,23,24). The highest BCUT2D eigenvalue weighted by Crippen LogP contribution is 2.37. The SMILES string of the molecule is COc1cc(C(=O)O)cc2cccc(OC3OC(CO)C(O)C(O)C3O)c12. The summed E-state index contributed by atoms with van der Waals surface area (Å²) in [7, 11) is 1.38. The Hall–Kier alpha value is -2.43. The van der Waals surface area contributed by atoms with Gasteiger partial charge in [-0.15, -0.1) is 0 Å². The van der Waals surface area contributed by atoms with Crippen LogP contribution in [0.3, 0.4) is 0 Å². The lowest BCUT2D eigenvalue weighted by molar-refractivity contribution is -0.277. The lowest BCUT2D eigenvalue weighted by Crippen LogP contribution is -2.60. The summed E-state index contributed by atoms with van der Waals surface area (Å²) >= 11 is 0. The summed E-state index contributed by atoms with van der Waals surface area (Å²) in [5.74, 6) is -0.661. The number of aromatic carboxylic acids is 1. The Balaban J connectivity index is 2.01. The number of hydrogen-bond acceptors (Lipinski definition) is 8. The topological polar surface area (TPSA) is 146 Å². The number of fused-ring (bicyclic) bond motifs is 1. The van der Waals surface area contributed by atoms with Gasteiger partial charge in [-0.1, -0.05) is 12.1 Å².